The monoisotopic (exact) mass is 298 g/mol. The highest BCUT2D eigenvalue weighted by Gasteiger charge is 2.28. The predicted octanol–water partition coefficient (Wildman–Crippen LogP) is -0.660. The average Bonchev–Trinajstić information content (AvgIpc) is 2.25. The van der Waals surface area contributed by atoms with Gasteiger partial charge in [-0.2, -0.15) is 0 Å². The summed E-state index contributed by atoms with van der Waals surface area (Å²) < 4.78 is 47.8. The van der Waals surface area contributed by atoms with Crippen molar-refractivity contribution in [2.45, 2.75) is 19.8 Å². The van der Waals surface area contributed by atoms with E-state index < -0.39 is 19.9 Å². The fourth-order valence-electron chi connectivity index (χ4n) is 1.82. The molecule has 8 heteroatoms. The molecule has 0 bridgehead atoms. The zero-order valence-electron chi connectivity index (χ0n) is 10.9. The Morgan fingerprint density at radius 2 is 1.67 bits per heavy atom. The van der Waals surface area contributed by atoms with Gasteiger partial charge in [0.25, 0.3) is 0 Å². The smallest absolute Gasteiger partial charge is 0.212 e. The molecule has 1 heterocycles. The minimum absolute atomic E-state index is 0.0383. The van der Waals surface area contributed by atoms with Gasteiger partial charge in [-0.3, -0.25) is 0 Å². The molecule has 1 aliphatic rings. The molecule has 0 unspecified atom stereocenters. The van der Waals surface area contributed by atoms with Crippen molar-refractivity contribution in [1.29, 1.82) is 0 Å². The Morgan fingerprint density at radius 3 is 2.17 bits per heavy atom. The standard InChI is InChI=1S/C10H22N2O4S2/c1-10(3-5-11-6-4-10)9-12-18(15,16)8-7-17(2,13)14/h11-12H,3-9H2,1-2H3. The zero-order chi connectivity index (χ0) is 13.9. The van der Waals surface area contributed by atoms with Crippen molar-refractivity contribution in [3.05, 3.63) is 0 Å². The highest BCUT2D eigenvalue weighted by molar-refractivity contribution is 7.93. The molecule has 0 aromatic rings. The van der Waals surface area contributed by atoms with Gasteiger partial charge in [-0.15, -0.1) is 0 Å². The summed E-state index contributed by atoms with van der Waals surface area (Å²) in [4.78, 5) is 0. The number of nitrogens with one attached hydrogen (secondary N) is 2. The molecule has 1 fully saturated rings. The van der Waals surface area contributed by atoms with Crippen molar-refractivity contribution >= 4 is 19.9 Å². The normalized spacial score (nSPS) is 20.8. The molecule has 0 spiro atoms. The van der Waals surface area contributed by atoms with Crippen molar-refractivity contribution < 1.29 is 16.8 Å². The average molecular weight is 298 g/mol. The van der Waals surface area contributed by atoms with Crippen LogP contribution in [0.1, 0.15) is 19.8 Å². The maximum atomic E-state index is 11.7. The van der Waals surface area contributed by atoms with Crippen molar-refractivity contribution in [3.63, 3.8) is 0 Å². The van der Waals surface area contributed by atoms with Crippen molar-refractivity contribution in [2.75, 3.05) is 37.4 Å². The van der Waals surface area contributed by atoms with E-state index in [2.05, 4.69) is 10.0 Å². The van der Waals surface area contributed by atoms with E-state index in [1.165, 1.54) is 0 Å². The second-order valence-corrected chi connectivity index (χ2v) is 9.52. The minimum Gasteiger partial charge on any atom is -0.317 e. The number of rotatable bonds is 6. The first-order valence-corrected chi connectivity index (χ1v) is 9.69. The predicted molar refractivity (Wildman–Crippen MR) is 71.7 cm³/mol. The van der Waals surface area contributed by atoms with Gasteiger partial charge >= 0.3 is 0 Å². The molecule has 0 aromatic heterocycles. The van der Waals surface area contributed by atoms with Crippen LogP contribution in [0.2, 0.25) is 0 Å². The van der Waals surface area contributed by atoms with Gasteiger partial charge in [0.2, 0.25) is 10.0 Å². The molecule has 0 aliphatic carbocycles. The zero-order valence-corrected chi connectivity index (χ0v) is 12.5. The first kappa shape index (κ1) is 15.9. The third-order valence-corrected chi connectivity index (χ3v) is 5.78. The van der Waals surface area contributed by atoms with Crippen LogP contribution in [0.4, 0.5) is 0 Å². The highest BCUT2D eigenvalue weighted by atomic mass is 32.2. The van der Waals surface area contributed by atoms with Crippen LogP contribution < -0.4 is 10.0 Å². The molecule has 18 heavy (non-hydrogen) atoms. The van der Waals surface area contributed by atoms with E-state index in [1.807, 2.05) is 6.92 Å². The van der Waals surface area contributed by atoms with E-state index in [-0.39, 0.29) is 16.9 Å². The molecule has 6 nitrogen and oxygen atoms in total. The van der Waals surface area contributed by atoms with Gasteiger partial charge in [0, 0.05) is 12.8 Å². The molecule has 108 valence electrons. The summed E-state index contributed by atoms with van der Waals surface area (Å²) in [6.45, 7) is 4.21. The van der Waals surface area contributed by atoms with Crippen LogP contribution in [0.25, 0.3) is 0 Å². The molecule has 2 N–H and O–H groups in total. The number of piperidine rings is 1. The molecule has 0 amide bonds. The lowest BCUT2D eigenvalue weighted by molar-refractivity contribution is 0.232. The van der Waals surface area contributed by atoms with Gasteiger partial charge < -0.3 is 5.32 Å². The Bertz CT molecular complexity index is 464. The maximum absolute atomic E-state index is 11.7. The number of hydrogen-bond donors (Lipinski definition) is 2. The molecule has 0 aromatic carbocycles. The Morgan fingerprint density at radius 1 is 1.11 bits per heavy atom. The van der Waals surface area contributed by atoms with Crippen molar-refractivity contribution in [1.82, 2.24) is 10.0 Å². The van der Waals surface area contributed by atoms with Crippen molar-refractivity contribution in [2.24, 2.45) is 5.41 Å². The molecule has 0 radical (unpaired) electrons. The molecule has 0 atom stereocenters. The van der Waals surface area contributed by atoms with Crippen LogP contribution in [0.5, 0.6) is 0 Å². The fraction of sp³-hybridized carbons (Fsp3) is 1.00. The Labute approximate surface area is 110 Å². The quantitative estimate of drug-likeness (QED) is 0.679. The van der Waals surface area contributed by atoms with Crippen LogP contribution in [-0.2, 0) is 19.9 Å². The largest absolute Gasteiger partial charge is 0.317 e. The van der Waals surface area contributed by atoms with Gasteiger partial charge in [-0.1, -0.05) is 6.92 Å². The van der Waals surface area contributed by atoms with Crippen LogP contribution in [-0.4, -0.2) is 54.2 Å². The third-order valence-electron chi connectivity index (χ3n) is 3.25. The summed E-state index contributed by atoms with van der Waals surface area (Å²) >= 11 is 0. The fourth-order valence-corrected chi connectivity index (χ4v) is 4.63. The van der Waals surface area contributed by atoms with Crippen molar-refractivity contribution in [3.8, 4) is 0 Å². The molecule has 1 saturated heterocycles. The molecular formula is C10H22N2O4S2. The van der Waals surface area contributed by atoms with Gasteiger partial charge in [-0.05, 0) is 31.3 Å². The van der Waals surface area contributed by atoms with E-state index in [0.717, 1.165) is 32.2 Å². The Balaban J connectivity index is 2.46. The van der Waals surface area contributed by atoms with Crippen LogP contribution in [0.3, 0.4) is 0 Å². The van der Waals surface area contributed by atoms with E-state index in [9.17, 15) is 16.8 Å². The summed E-state index contributed by atoms with van der Waals surface area (Å²) in [5.74, 6) is -0.694. The number of hydrogen-bond acceptors (Lipinski definition) is 5. The molecule has 1 aliphatic heterocycles. The van der Waals surface area contributed by atoms with Crippen LogP contribution in [0.15, 0.2) is 0 Å². The number of sulfone groups is 1. The lowest BCUT2D eigenvalue weighted by Gasteiger charge is -2.34. The first-order chi connectivity index (χ1) is 8.12. The van der Waals surface area contributed by atoms with Gasteiger partial charge in [0.15, 0.2) is 0 Å². The minimum atomic E-state index is -3.50. The highest BCUT2D eigenvalue weighted by Crippen LogP contribution is 2.26. The lowest BCUT2D eigenvalue weighted by Crippen LogP contribution is -2.43. The Hall–Kier alpha value is -0.180. The Kier molecular flexibility index (Phi) is 5.16. The van der Waals surface area contributed by atoms with Gasteiger partial charge in [0.1, 0.15) is 9.84 Å². The van der Waals surface area contributed by atoms with E-state index in [1.54, 1.807) is 0 Å². The summed E-state index contributed by atoms with van der Waals surface area (Å²) in [6, 6.07) is 0. The summed E-state index contributed by atoms with van der Waals surface area (Å²) in [5.41, 5.74) is -0.0383. The maximum Gasteiger partial charge on any atom is 0.212 e. The van der Waals surface area contributed by atoms with Gasteiger partial charge in [0.05, 0.1) is 11.5 Å². The van der Waals surface area contributed by atoms with E-state index >= 15 is 0 Å². The molecule has 1 rings (SSSR count). The van der Waals surface area contributed by atoms with Crippen LogP contribution in [0, 0.1) is 5.41 Å². The van der Waals surface area contributed by atoms with E-state index in [0.29, 0.717) is 6.54 Å². The van der Waals surface area contributed by atoms with Crippen LogP contribution >= 0.6 is 0 Å². The summed E-state index contributed by atoms with van der Waals surface area (Å²) in [6.07, 6.45) is 2.87. The third kappa shape index (κ3) is 6.12. The second kappa shape index (κ2) is 5.85. The first-order valence-electron chi connectivity index (χ1n) is 5.98. The SMILES string of the molecule is CC1(CNS(=O)(=O)CCS(C)(=O)=O)CCNCC1. The number of sulfonamides is 1. The van der Waals surface area contributed by atoms with Gasteiger partial charge in [-0.25, -0.2) is 21.6 Å². The van der Waals surface area contributed by atoms with E-state index in [4.69, 9.17) is 0 Å². The molecular weight excluding hydrogens is 276 g/mol. The summed E-state index contributed by atoms with van der Waals surface area (Å²) in [7, 11) is -6.75. The lowest BCUT2D eigenvalue weighted by atomic mass is 9.81. The second-order valence-electron chi connectivity index (χ2n) is 5.33. The summed E-state index contributed by atoms with van der Waals surface area (Å²) in [5, 5.41) is 3.23. The topological polar surface area (TPSA) is 92.3 Å². The molecule has 0 saturated carbocycles.